The van der Waals surface area contributed by atoms with Gasteiger partial charge in [-0.1, -0.05) is 11.3 Å². The summed E-state index contributed by atoms with van der Waals surface area (Å²) in [6.07, 6.45) is 2.14. The van der Waals surface area contributed by atoms with Crippen LogP contribution in [0.15, 0.2) is 12.3 Å². The summed E-state index contributed by atoms with van der Waals surface area (Å²) in [5, 5.41) is 12.4. The van der Waals surface area contributed by atoms with E-state index >= 15 is 0 Å². The molecular formula is C17H22F2N4OS. The second-order valence-electron chi connectivity index (χ2n) is 6.56. The van der Waals surface area contributed by atoms with E-state index in [1.165, 1.54) is 17.5 Å². The first-order chi connectivity index (χ1) is 11.9. The molecule has 5 nitrogen and oxygen atoms in total. The molecule has 3 heterocycles. The van der Waals surface area contributed by atoms with Crippen molar-refractivity contribution in [1.82, 2.24) is 14.9 Å². The molecule has 1 fully saturated rings. The number of aliphatic hydroxyl groups excluding tert-OH is 1. The van der Waals surface area contributed by atoms with E-state index in [0.717, 1.165) is 25.2 Å². The number of likely N-dealkylation sites (tertiary alicyclic amines) is 1. The lowest BCUT2D eigenvalue weighted by Crippen LogP contribution is -2.20. The highest BCUT2D eigenvalue weighted by molar-refractivity contribution is 7.15. The Morgan fingerprint density at radius 2 is 2.28 bits per heavy atom. The van der Waals surface area contributed by atoms with Gasteiger partial charge in [-0.3, -0.25) is 9.88 Å². The third-order valence-electron chi connectivity index (χ3n) is 4.30. The third kappa shape index (κ3) is 4.71. The van der Waals surface area contributed by atoms with E-state index in [1.54, 1.807) is 13.0 Å². The Morgan fingerprint density at radius 3 is 3.04 bits per heavy atom. The Hall–Kier alpha value is -1.64. The topological polar surface area (TPSA) is 61.3 Å². The van der Waals surface area contributed by atoms with Crippen LogP contribution in [0.4, 0.5) is 13.9 Å². The molecule has 1 aliphatic heterocycles. The fourth-order valence-corrected chi connectivity index (χ4v) is 4.13. The van der Waals surface area contributed by atoms with E-state index in [1.807, 2.05) is 6.92 Å². The molecular weight excluding hydrogens is 346 g/mol. The van der Waals surface area contributed by atoms with Crippen LogP contribution in [-0.4, -0.2) is 39.3 Å². The maximum atomic E-state index is 13.9. The maximum Gasteiger partial charge on any atom is 0.230 e. The second kappa shape index (κ2) is 7.72. The molecule has 0 radical (unpaired) electrons. The quantitative estimate of drug-likeness (QED) is 0.768. The monoisotopic (exact) mass is 368 g/mol. The van der Waals surface area contributed by atoms with Crippen molar-refractivity contribution in [1.29, 1.82) is 0 Å². The largest absolute Gasteiger partial charge is 0.374 e. The summed E-state index contributed by atoms with van der Waals surface area (Å²) in [7, 11) is 0. The molecule has 2 atom stereocenters. The van der Waals surface area contributed by atoms with Crippen molar-refractivity contribution in [2.45, 2.75) is 39.5 Å². The zero-order chi connectivity index (χ0) is 18.0. The Labute approximate surface area is 149 Å². The first kappa shape index (κ1) is 18.2. The van der Waals surface area contributed by atoms with Gasteiger partial charge in [-0.15, -0.1) is 0 Å². The highest BCUT2D eigenvalue weighted by atomic mass is 32.1. The lowest BCUT2D eigenvalue weighted by molar-refractivity contribution is 0.224. The maximum absolute atomic E-state index is 13.9. The molecule has 0 aliphatic carbocycles. The van der Waals surface area contributed by atoms with Gasteiger partial charge >= 0.3 is 0 Å². The second-order valence-corrected chi connectivity index (χ2v) is 7.65. The van der Waals surface area contributed by atoms with Crippen LogP contribution < -0.4 is 5.32 Å². The van der Waals surface area contributed by atoms with Crippen LogP contribution >= 0.6 is 11.3 Å². The van der Waals surface area contributed by atoms with E-state index in [-0.39, 0.29) is 5.82 Å². The summed E-state index contributed by atoms with van der Waals surface area (Å²) >= 11 is 1.22. The number of aryl methyl sites for hydroxylation is 1. The van der Waals surface area contributed by atoms with E-state index in [4.69, 9.17) is 0 Å². The zero-order valence-electron chi connectivity index (χ0n) is 14.3. The Morgan fingerprint density at radius 1 is 1.48 bits per heavy atom. The summed E-state index contributed by atoms with van der Waals surface area (Å²) in [4.78, 5) is 10.5. The zero-order valence-corrected chi connectivity index (χ0v) is 15.1. The van der Waals surface area contributed by atoms with Gasteiger partial charge in [0.25, 0.3) is 0 Å². The first-order valence-electron chi connectivity index (χ1n) is 8.34. The van der Waals surface area contributed by atoms with Gasteiger partial charge in [-0.05, 0) is 50.8 Å². The van der Waals surface area contributed by atoms with Crippen LogP contribution in [0.5, 0.6) is 0 Å². The number of thiazole rings is 1. The van der Waals surface area contributed by atoms with Gasteiger partial charge in [0.1, 0.15) is 12.0 Å². The standard InChI is InChI=1S/C17H22F2N4OS/c1-10-5-13(14(18)7-20-10)6-12-3-4-23(8-12)9-15-16(19)22-17(25-15)21-11(2)24/h5,7,11-12,24H,3-4,6,8-9H2,1-2H3,(H,21,22)/t11?,12-/m1/s1. The lowest BCUT2D eigenvalue weighted by atomic mass is 9.98. The summed E-state index contributed by atoms with van der Waals surface area (Å²) < 4.78 is 27.8. The molecule has 2 N–H and O–H groups in total. The predicted molar refractivity (Wildman–Crippen MR) is 93.4 cm³/mol. The minimum atomic E-state index is -0.770. The van der Waals surface area contributed by atoms with Gasteiger partial charge < -0.3 is 10.4 Å². The fraction of sp³-hybridized carbons (Fsp3) is 0.529. The van der Waals surface area contributed by atoms with Crippen molar-refractivity contribution in [3.63, 3.8) is 0 Å². The fourth-order valence-electron chi connectivity index (χ4n) is 3.16. The first-order valence-corrected chi connectivity index (χ1v) is 9.15. The van der Waals surface area contributed by atoms with Crippen LogP contribution in [-0.2, 0) is 13.0 Å². The average molecular weight is 368 g/mol. The molecule has 8 heteroatoms. The number of hydrogen-bond donors (Lipinski definition) is 2. The Kier molecular flexibility index (Phi) is 5.61. The molecule has 0 bridgehead atoms. The van der Waals surface area contributed by atoms with E-state index in [2.05, 4.69) is 20.2 Å². The molecule has 1 aliphatic rings. The molecule has 2 aromatic heterocycles. The molecule has 25 heavy (non-hydrogen) atoms. The lowest BCUT2D eigenvalue weighted by Gasteiger charge is -2.15. The molecule has 2 aromatic rings. The van der Waals surface area contributed by atoms with Gasteiger partial charge in [0.05, 0.1) is 11.1 Å². The van der Waals surface area contributed by atoms with Crippen LogP contribution in [0.1, 0.15) is 29.5 Å². The van der Waals surface area contributed by atoms with Crippen LogP contribution in [0.3, 0.4) is 0 Å². The normalized spacial score (nSPS) is 19.3. The number of hydrogen-bond acceptors (Lipinski definition) is 6. The molecule has 1 unspecified atom stereocenters. The summed E-state index contributed by atoms with van der Waals surface area (Å²) in [6.45, 7) is 5.56. The Balaban J connectivity index is 1.58. The van der Waals surface area contributed by atoms with E-state index < -0.39 is 12.2 Å². The van der Waals surface area contributed by atoms with Gasteiger partial charge in [0.15, 0.2) is 5.13 Å². The van der Waals surface area contributed by atoms with E-state index in [0.29, 0.717) is 34.5 Å². The summed E-state index contributed by atoms with van der Waals surface area (Å²) in [6, 6.07) is 1.80. The van der Waals surface area contributed by atoms with Crippen molar-refractivity contribution in [3.05, 3.63) is 40.2 Å². The van der Waals surface area contributed by atoms with Gasteiger partial charge in [0.2, 0.25) is 5.95 Å². The van der Waals surface area contributed by atoms with Crippen LogP contribution in [0, 0.1) is 24.6 Å². The SMILES string of the molecule is Cc1cc(C[C@H]2CCN(Cc3sc(NC(C)O)nc3F)C2)c(F)cn1. The highest BCUT2D eigenvalue weighted by Gasteiger charge is 2.25. The molecule has 0 spiro atoms. The number of halogens is 2. The minimum Gasteiger partial charge on any atom is -0.374 e. The van der Waals surface area contributed by atoms with Crippen LogP contribution in [0.25, 0.3) is 0 Å². The Bertz CT molecular complexity index is 737. The van der Waals surface area contributed by atoms with Crippen molar-refractivity contribution in [3.8, 4) is 0 Å². The molecule has 0 aromatic carbocycles. The van der Waals surface area contributed by atoms with Crippen molar-refractivity contribution >= 4 is 16.5 Å². The van der Waals surface area contributed by atoms with Gasteiger partial charge in [-0.2, -0.15) is 9.37 Å². The molecule has 0 amide bonds. The van der Waals surface area contributed by atoms with Crippen molar-refractivity contribution in [2.75, 3.05) is 18.4 Å². The third-order valence-corrected chi connectivity index (χ3v) is 5.25. The van der Waals surface area contributed by atoms with Crippen LogP contribution in [0.2, 0.25) is 0 Å². The number of rotatable bonds is 6. The molecule has 0 saturated carbocycles. The number of nitrogens with one attached hydrogen (secondary N) is 1. The minimum absolute atomic E-state index is 0.258. The molecule has 3 rings (SSSR count). The van der Waals surface area contributed by atoms with E-state index in [9.17, 15) is 13.9 Å². The number of pyridine rings is 1. The summed E-state index contributed by atoms with van der Waals surface area (Å²) in [5.41, 5.74) is 1.52. The van der Waals surface area contributed by atoms with Gasteiger partial charge in [-0.25, -0.2) is 4.39 Å². The van der Waals surface area contributed by atoms with Crippen molar-refractivity contribution in [2.24, 2.45) is 5.92 Å². The van der Waals surface area contributed by atoms with Crippen molar-refractivity contribution < 1.29 is 13.9 Å². The number of aromatic nitrogens is 2. The average Bonchev–Trinajstić information content (AvgIpc) is 3.10. The number of aliphatic hydroxyl groups is 1. The van der Waals surface area contributed by atoms with Gasteiger partial charge in [0, 0.05) is 18.8 Å². The predicted octanol–water partition coefficient (Wildman–Crippen LogP) is 2.94. The number of anilines is 1. The summed E-state index contributed by atoms with van der Waals surface area (Å²) in [5.74, 6) is -0.402. The smallest absolute Gasteiger partial charge is 0.230 e. The highest BCUT2D eigenvalue weighted by Crippen LogP contribution is 2.28. The molecule has 1 saturated heterocycles. The number of nitrogens with zero attached hydrogens (tertiary/aromatic N) is 3. The molecule has 136 valence electrons.